The number of sulfone groups is 1. The molecule has 1 saturated carbocycles. The number of ether oxygens (including phenoxy) is 1. The SMILES string of the molecule is COc1cnc(C2CC2)nc1C1CNCCS1(=O)=O. The Morgan fingerprint density at radius 3 is 2.84 bits per heavy atom. The molecule has 1 aliphatic heterocycles. The van der Waals surface area contributed by atoms with Crippen LogP contribution < -0.4 is 10.1 Å². The van der Waals surface area contributed by atoms with Gasteiger partial charge >= 0.3 is 0 Å². The number of rotatable bonds is 3. The van der Waals surface area contributed by atoms with E-state index in [-0.39, 0.29) is 5.75 Å². The molecule has 1 aliphatic carbocycles. The Kier molecular flexibility index (Phi) is 3.18. The lowest BCUT2D eigenvalue weighted by Crippen LogP contribution is -2.39. The molecule has 1 aromatic heterocycles. The molecule has 0 aromatic carbocycles. The number of nitrogens with one attached hydrogen (secondary N) is 1. The van der Waals surface area contributed by atoms with Gasteiger partial charge in [0.05, 0.1) is 19.1 Å². The molecule has 2 fully saturated rings. The van der Waals surface area contributed by atoms with Crippen molar-refractivity contribution >= 4 is 9.84 Å². The zero-order chi connectivity index (χ0) is 13.5. The summed E-state index contributed by atoms with van der Waals surface area (Å²) in [4.78, 5) is 8.73. The second-order valence-electron chi connectivity index (χ2n) is 5.02. The first-order valence-corrected chi connectivity index (χ1v) is 8.16. The van der Waals surface area contributed by atoms with Crippen LogP contribution in [0.5, 0.6) is 5.75 Å². The van der Waals surface area contributed by atoms with Gasteiger partial charge < -0.3 is 10.1 Å². The van der Waals surface area contributed by atoms with Crippen LogP contribution in [0.15, 0.2) is 6.20 Å². The predicted octanol–water partition coefficient (Wildman–Crippen LogP) is 0.422. The van der Waals surface area contributed by atoms with E-state index in [1.807, 2.05) is 0 Å². The zero-order valence-corrected chi connectivity index (χ0v) is 11.6. The summed E-state index contributed by atoms with van der Waals surface area (Å²) in [7, 11) is -1.65. The summed E-state index contributed by atoms with van der Waals surface area (Å²) in [5, 5.41) is 2.48. The maximum absolute atomic E-state index is 12.2. The molecule has 1 saturated heterocycles. The van der Waals surface area contributed by atoms with Crippen LogP contribution in [0, 0.1) is 0 Å². The molecule has 0 radical (unpaired) electrons. The molecule has 1 atom stereocenters. The molecular weight excluding hydrogens is 266 g/mol. The summed E-state index contributed by atoms with van der Waals surface area (Å²) < 4.78 is 29.6. The summed E-state index contributed by atoms with van der Waals surface area (Å²) >= 11 is 0. The third-order valence-corrected chi connectivity index (χ3v) is 5.63. The van der Waals surface area contributed by atoms with Crippen LogP contribution >= 0.6 is 0 Å². The Bertz CT molecular complexity index is 584. The fourth-order valence-electron chi connectivity index (χ4n) is 2.31. The molecular formula is C12H17N3O3S. The predicted molar refractivity (Wildman–Crippen MR) is 70.0 cm³/mol. The molecule has 0 spiro atoms. The Morgan fingerprint density at radius 1 is 1.42 bits per heavy atom. The topological polar surface area (TPSA) is 81.2 Å². The van der Waals surface area contributed by atoms with Crippen molar-refractivity contribution < 1.29 is 13.2 Å². The maximum atomic E-state index is 12.2. The van der Waals surface area contributed by atoms with Gasteiger partial charge in [-0.05, 0) is 12.8 Å². The molecule has 6 nitrogen and oxygen atoms in total. The van der Waals surface area contributed by atoms with Crippen molar-refractivity contribution in [2.45, 2.75) is 24.0 Å². The molecule has 104 valence electrons. The van der Waals surface area contributed by atoms with Crippen LogP contribution in [-0.2, 0) is 9.84 Å². The minimum atomic E-state index is -3.16. The summed E-state index contributed by atoms with van der Waals surface area (Å²) in [5.74, 6) is 1.74. The Balaban J connectivity index is 2.03. The van der Waals surface area contributed by atoms with E-state index < -0.39 is 15.1 Å². The maximum Gasteiger partial charge on any atom is 0.161 e. The van der Waals surface area contributed by atoms with Crippen molar-refractivity contribution in [2.75, 3.05) is 26.0 Å². The van der Waals surface area contributed by atoms with Gasteiger partial charge in [0.1, 0.15) is 16.8 Å². The van der Waals surface area contributed by atoms with E-state index in [2.05, 4.69) is 15.3 Å². The highest BCUT2D eigenvalue weighted by Crippen LogP contribution is 2.40. The van der Waals surface area contributed by atoms with Crippen molar-refractivity contribution in [3.8, 4) is 5.75 Å². The quantitative estimate of drug-likeness (QED) is 0.866. The lowest BCUT2D eigenvalue weighted by molar-refractivity contribution is 0.400. The number of hydrogen-bond donors (Lipinski definition) is 1. The van der Waals surface area contributed by atoms with Gasteiger partial charge in [-0.3, -0.25) is 0 Å². The minimum absolute atomic E-state index is 0.142. The molecule has 1 unspecified atom stereocenters. The largest absolute Gasteiger partial charge is 0.493 e. The summed E-state index contributed by atoms with van der Waals surface area (Å²) in [6.45, 7) is 0.890. The van der Waals surface area contributed by atoms with E-state index in [0.717, 1.165) is 18.7 Å². The molecule has 19 heavy (non-hydrogen) atoms. The van der Waals surface area contributed by atoms with Crippen molar-refractivity contribution in [3.63, 3.8) is 0 Å². The molecule has 0 amide bonds. The smallest absolute Gasteiger partial charge is 0.161 e. The molecule has 2 aliphatic rings. The number of methoxy groups -OCH3 is 1. The van der Waals surface area contributed by atoms with Gasteiger partial charge in [0.15, 0.2) is 15.6 Å². The normalized spacial score (nSPS) is 26.1. The second kappa shape index (κ2) is 4.72. The van der Waals surface area contributed by atoms with Crippen LogP contribution in [0.4, 0.5) is 0 Å². The number of nitrogens with zero attached hydrogens (tertiary/aromatic N) is 2. The Hall–Kier alpha value is -1.21. The van der Waals surface area contributed by atoms with Gasteiger partial charge in [-0.2, -0.15) is 0 Å². The van der Waals surface area contributed by atoms with Gasteiger partial charge in [-0.15, -0.1) is 0 Å². The highest BCUT2D eigenvalue weighted by molar-refractivity contribution is 7.91. The fourth-order valence-corrected chi connectivity index (χ4v) is 3.90. The molecule has 3 rings (SSSR count). The third-order valence-electron chi connectivity index (χ3n) is 3.60. The molecule has 2 heterocycles. The highest BCUT2D eigenvalue weighted by Gasteiger charge is 2.35. The third kappa shape index (κ3) is 2.44. The van der Waals surface area contributed by atoms with Crippen LogP contribution in [0.1, 0.15) is 35.5 Å². The second-order valence-corrected chi connectivity index (χ2v) is 7.32. The average Bonchev–Trinajstić information content (AvgIpc) is 3.22. The molecule has 1 N–H and O–H groups in total. The molecule has 7 heteroatoms. The monoisotopic (exact) mass is 283 g/mol. The fraction of sp³-hybridized carbons (Fsp3) is 0.667. The van der Waals surface area contributed by atoms with Gasteiger partial charge in [0.2, 0.25) is 0 Å². The first-order chi connectivity index (χ1) is 9.12. The van der Waals surface area contributed by atoms with Crippen LogP contribution in [0.3, 0.4) is 0 Å². The summed E-state index contributed by atoms with van der Waals surface area (Å²) in [6.07, 6.45) is 3.77. The Morgan fingerprint density at radius 2 is 2.21 bits per heavy atom. The number of hydrogen-bond acceptors (Lipinski definition) is 6. The molecule has 1 aromatic rings. The van der Waals surface area contributed by atoms with Crippen molar-refractivity contribution in [2.24, 2.45) is 0 Å². The standard InChI is InChI=1S/C12H17N3O3S/c1-18-9-6-14-12(8-2-3-8)15-11(9)10-7-13-4-5-19(10,16)17/h6,8,10,13H,2-5,7H2,1H3. The van der Waals surface area contributed by atoms with E-state index in [9.17, 15) is 8.42 Å². The highest BCUT2D eigenvalue weighted by atomic mass is 32.2. The average molecular weight is 283 g/mol. The van der Waals surface area contributed by atoms with Crippen molar-refractivity contribution in [3.05, 3.63) is 17.7 Å². The van der Waals surface area contributed by atoms with Gasteiger partial charge in [-0.1, -0.05) is 0 Å². The van der Waals surface area contributed by atoms with Gasteiger partial charge in [-0.25, -0.2) is 18.4 Å². The van der Waals surface area contributed by atoms with E-state index in [1.165, 1.54) is 7.11 Å². The minimum Gasteiger partial charge on any atom is -0.493 e. The van der Waals surface area contributed by atoms with Crippen LogP contribution in [0.2, 0.25) is 0 Å². The first-order valence-electron chi connectivity index (χ1n) is 6.45. The van der Waals surface area contributed by atoms with Crippen LogP contribution in [-0.4, -0.2) is 44.3 Å². The number of aromatic nitrogens is 2. The van der Waals surface area contributed by atoms with Crippen LogP contribution in [0.25, 0.3) is 0 Å². The van der Waals surface area contributed by atoms with E-state index >= 15 is 0 Å². The lowest BCUT2D eigenvalue weighted by Gasteiger charge is -2.24. The van der Waals surface area contributed by atoms with E-state index in [0.29, 0.717) is 30.5 Å². The van der Waals surface area contributed by atoms with Crippen molar-refractivity contribution in [1.82, 2.24) is 15.3 Å². The first kappa shape index (κ1) is 12.8. The zero-order valence-electron chi connectivity index (χ0n) is 10.8. The molecule has 0 bridgehead atoms. The Labute approximate surface area is 112 Å². The summed E-state index contributed by atoms with van der Waals surface area (Å²) in [6, 6.07) is 0. The van der Waals surface area contributed by atoms with E-state index in [4.69, 9.17) is 4.74 Å². The van der Waals surface area contributed by atoms with Gasteiger partial charge in [0, 0.05) is 19.0 Å². The summed E-state index contributed by atoms with van der Waals surface area (Å²) in [5.41, 5.74) is 0.506. The van der Waals surface area contributed by atoms with Crippen molar-refractivity contribution in [1.29, 1.82) is 0 Å². The van der Waals surface area contributed by atoms with Gasteiger partial charge in [0.25, 0.3) is 0 Å². The van der Waals surface area contributed by atoms with E-state index in [1.54, 1.807) is 6.20 Å². The lowest BCUT2D eigenvalue weighted by atomic mass is 10.2.